The van der Waals surface area contributed by atoms with E-state index in [1.165, 1.54) is 41.0 Å². The van der Waals surface area contributed by atoms with Gasteiger partial charge in [0.2, 0.25) is 0 Å². The maximum atomic E-state index is 2.42. The van der Waals surface area contributed by atoms with Crippen LogP contribution in [-0.4, -0.2) is 29.8 Å². The fourth-order valence-corrected chi connectivity index (χ4v) is 4.08. The van der Waals surface area contributed by atoms with Gasteiger partial charge in [0.25, 0.3) is 0 Å². The van der Waals surface area contributed by atoms with Crippen LogP contribution in [0, 0.1) is 0 Å². The van der Waals surface area contributed by atoms with Gasteiger partial charge in [-0.25, -0.2) is 4.31 Å². The molecule has 0 saturated carbocycles. The van der Waals surface area contributed by atoms with Crippen LogP contribution in [0.1, 0.15) is 36.1 Å². The Balaban J connectivity index is 1.72. The smallest absolute Gasteiger partial charge is 0.0424 e. The zero-order chi connectivity index (χ0) is 16.2. The highest BCUT2D eigenvalue weighted by atomic mass is 32.2. The van der Waals surface area contributed by atoms with E-state index in [-0.39, 0.29) is 0 Å². The van der Waals surface area contributed by atoms with E-state index >= 15 is 0 Å². The zero-order valence-corrected chi connectivity index (χ0v) is 15.1. The Morgan fingerprint density at radius 2 is 1.87 bits per heavy atom. The Morgan fingerprint density at radius 3 is 2.65 bits per heavy atom. The number of hydrogen-bond donors (Lipinski definition) is 0. The van der Waals surface area contributed by atoms with E-state index in [1.807, 2.05) is 11.9 Å². The van der Waals surface area contributed by atoms with Gasteiger partial charge < -0.3 is 4.90 Å². The van der Waals surface area contributed by atoms with Gasteiger partial charge in [0.1, 0.15) is 0 Å². The Kier molecular flexibility index (Phi) is 5.42. The first-order valence-corrected chi connectivity index (χ1v) is 9.17. The van der Waals surface area contributed by atoms with Gasteiger partial charge in [-0.3, -0.25) is 0 Å². The lowest BCUT2D eigenvalue weighted by Crippen LogP contribution is -2.17. The number of aryl methyl sites for hydroxylation is 1. The van der Waals surface area contributed by atoms with Crippen LogP contribution in [0.2, 0.25) is 0 Å². The molecule has 0 aromatic heterocycles. The predicted molar refractivity (Wildman–Crippen MR) is 99.6 cm³/mol. The Hall–Kier alpha value is -1.29. The second kappa shape index (κ2) is 7.52. The number of benzene rings is 2. The maximum Gasteiger partial charge on any atom is 0.0424 e. The first-order chi connectivity index (χ1) is 11.1. The first-order valence-electron chi connectivity index (χ1n) is 8.39. The summed E-state index contributed by atoms with van der Waals surface area (Å²) in [6.45, 7) is 4.54. The van der Waals surface area contributed by atoms with Gasteiger partial charge in [-0.15, -0.1) is 0 Å². The minimum absolute atomic E-state index is 0.395. The second-order valence-electron chi connectivity index (χ2n) is 6.50. The normalized spacial score (nSPS) is 16.9. The summed E-state index contributed by atoms with van der Waals surface area (Å²) in [7, 11) is 4.40. The molecule has 2 aromatic carbocycles. The van der Waals surface area contributed by atoms with Crippen molar-refractivity contribution in [2.75, 3.05) is 20.6 Å². The van der Waals surface area contributed by atoms with E-state index in [9.17, 15) is 0 Å². The van der Waals surface area contributed by atoms with Crippen LogP contribution in [0.15, 0.2) is 53.4 Å². The van der Waals surface area contributed by atoms with Gasteiger partial charge in [0, 0.05) is 17.5 Å². The summed E-state index contributed by atoms with van der Waals surface area (Å²) >= 11 is 1.85. The van der Waals surface area contributed by atoms with Crippen LogP contribution in [0.5, 0.6) is 0 Å². The fourth-order valence-electron chi connectivity index (χ4n) is 3.14. The minimum atomic E-state index is 0.395. The molecule has 1 heterocycles. The molecule has 0 bridgehead atoms. The molecule has 1 atom stereocenters. The Morgan fingerprint density at radius 1 is 1.09 bits per heavy atom. The van der Waals surface area contributed by atoms with E-state index < -0.39 is 0 Å². The van der Waals surface area contributed by atoms with E-state index in [2.05, 4.69) is 78.8 Å². The fraction of sp³-hybridized carbons (Fsp3) is 0.400. The maximum absolute atomic E-state index is 2.42. The molecule has 0 N–H and O–H groups in total. The molecule has 3 heteroatoms. The Bertz CT molecular complexity index is 641. The van der Waals surface area contributed by atoms with Gasteiger partial charge in [0.15, 0.2) is 0 Å². The Labute approximate surface area is 144 Å². The summed E-state index contributed by atoms with van der Waals surface area (Å²) < 4.78 is 2.35. The summed E-state index contributed by atoms with van der Waals surface area (Å²) in [5, 5.41) is 0. The van der Waals surface area contributed by atoms with Gasteiger partial charge in [0.05, 0.1) is 0 Å². The highest BCUT2D eigenvalue weighted by Gasteiger charge is 2.15. The highest BCUT2D eigenvalue weighted by molar-refractivity contribution is 7.97. The lowest BCUT2D eigenvalue weighted by atomic mass is 10.0. The van der Waals surface area contributed by atoms with Crippen molar-refractivity contribution in [3.8, 4) is 0 Å². The largest absolute Gasteiger partial charge is 0.302 e. The monoisotopic (exact) mass is 326 g/mol. The van der Waals surface area contributed by atoms with E-state index in [4.69, 9.17) is 0 Å². The quantitative estimate of drug-likeness (QED) is 0.748. The van der Waals surface area contributed by atoms with Crippen molar-refractivity contribution in [1.82, 2.24) is 9.21 Å². The third-order valence-electron chi connectivity index (χ3n) is 4.68. The van der Waals surface area contributed by atoms with Crippen molar-refractivity contribution < 1.29 is 0 Å². The third-order valence-corrected chi connectivity index (χ3v) is 5.75. The summed E-state index contributed by atoms with van der Waals surface area (Å²) in [4.78, 5) is 3.76. The van der Waals surface area contributed by atoms with Crippen molar-refractivity contribution in [2.24, 2.45) is 0 Å². The molecule has 0 spiro atoms. The molecule has 0 unspecified atom stereocenters. The number of hydrogen-bond acceptors (Lipinski definition) is 3. The molecule has 2 nitrogen and oxygen atoms in total. The van der Waals surface area contributed by atoms with E-state index in [0.717, 1.165) is 6.54 Å². The van der Waals surface area contributed by atoms with E-state index in [1.54, 1.807) is 0 Å². The lowest BCUT2D eigenvalue weighted by molar-refractivity contribution is 0.332. The van der Waals surface area contributed by atoms with E-state index in [0.29, 0.717) is 6.04 Å². The molecule has 23 heavy (non-hydrogen) atoms. The molecule has 0 radical (unpaired) electrons. The second-order valence-corrected chi connectivity index (χ2v) is 7.73. The molecule has 0 amide bonds. The average molecular weight is 327 g/mol. The van der Waals surface area contributed by atoms with Crippen LogP contribution >= 0.6 is 11.9 Å². The molecule has 0 aliphatic carbocycles. The van der Waals surface area contributed by atoms with Gasteiger partial charge >= 0.3 is 0 Å². The molecular formula is C20H26N2S. The standard InChI is InChI=1S/C20H26N2S/c1-16(17-8-5-4-6-9-17)22(3)23-20-12-11-19-15-21(2)13-7-10-18(19)14-20/h4-6,8-9,11-12,14,16H,7,10,13,15H2,1-3H3/t16-/m0/s1. The highest BCUT2D eigenvalue weighted by Crippen LogP contribution is 2.32. The van der Waals surface area contributed by atoms with Crippen LogP contribution in [0.4, 0.5) is 0 Å². The van der Waals surface area contributed by atoms with Crippen LogP contribution in [-0.2, 0) is 13.0 Å². The van der Waals surface area contributed by atoms with Gasteiger partial charge in [-0.05, 0) is 81.2 Å². The summed E-state index contributed by atoms with van der Waals surface area (Å²) in [6.07, 6.45) is 2.46. The van der Waals surface area contributed by atoms with Crippen molar-refractivity contribution in [3.05, 3.63) is 65.2 Å². The summed E-state index contributed by atoms with van der Waals surface area (Å²) in [5.74, 6) is 0. The van der Waals surface area contributed by atoms with Crippen molar-refractivity contribution in [2.45, 2.75) is 37.2 Å². The predicted octanol–water partition coefficient (Wildman–Crippen LogP) is 4.76. The third kappa shape index (κ3) is 4.17. The summed E-state index contributed by atoms with van der Waals surface area (Å²) in [5.41, 5.74) is 4.38. The first kappa shape index (κ1) is 16.6. The molecule has 0 saturated heterocycles. The lowest BCUT2D eigenvalue weighted by Gasteiger charge is -2.24. The van der Waals surface area contributed by atoms with Gasteiger partial charge in [-0.2, -0.15) is 0 Å². The zero-order valence-electron chi connectivity index (χ0n) is 14.3. The van der Waals surface area contributed by atoms with Crippen LogP contribution < -0.4 is 0 Å². The molecular weight excluding hydrogens is 300 g/mol. The van der Waals surface area contributed by atoms with Crippen molar-refractivity contribution in [3.63, 3.8) is 0 Å². The number of nitrogens with zero attached hydrogens (tertiary/aromatic N) is 2. The van der Waals surface area contributed by atoms with Crippen molar-refractivity contribution in [1.29, 1.82) is 0 Å². The molecule has 3 rings (SSSR count). The molecule has 1 aliphatic rings. The average Bonchev–Trinajstić information content (AvgIpc) is 2.75. The molecule has 0 fully saturated rings. The molecule has 122 valence electrons. The van der Waals surface area contributed by atoms with Crippen molar-refractivity contribution >= 4 is 11.9 Å². The van der Waals surface area contributed by atoms with Gasteiger partial charge in [-0.1, -0.05) is 36.4 Å². The topological polar surface area (TPSA) is 6.48 Å². The van der Waals surface area contributed by atoms with Crippen LogP contribution in [0.3, 0.4) is 0 Å². The molecule has 2 aromatic rings. The minimum Gasteiger partial charge on any atom is -0.302 e. The molecule has 1 aliphatic heterocycles. The number of rotatable bonds is 4. The SMILES string of the molecule is C[C@@H](c1ccccc1)N(C)Sc1ccc2c(c1)CCCN(C)C2. The summed E-state index contributed by atoms with van der Waals surface area (Å²) in [6, 6.07) is 18.1. The number of fused-ring (bicyclic) bond motifs is 1. The van der Waals surface area contributed by atoms with Crippen LogP contribution in [0.25, 0.3) is 0 Å².